The highest BCUT2D eigenvalue weighted by atomic mass is 16.5. The van der Waals surface area contributed by atoms with E-state index in [2.05, 4.69) is 51.9 Å². The molecule has 6 amide bonds. The highest BCUT2D eigenvalue weighted by Gasteiger charge is 2.33. The first-order valence-electron chi connectivity index (χ1n) is 25.2. The van der Waals surface area contributed by atoms with Gasteiger partial charge < -0.3 is 93.3 Å². The maximum Gasteiger partial charge on any atom is 0.243 e. The molecule has 0 aliphatic rings. The third-order valence-corrected chi connectivity index (χ3v) is 11.3. The van der Waals surface area contributed by atoms with Crippen molar-refractivity contribution in [3.8, 4) is 0 Å². The van der Waals surface area contributed by atoms with Crippen LogP contribution in [0.25, 0.3) is 0 Å². The number of rotatable bonds is 37. The largest absolute Gasteiger partial charge is 0.394 e. The average molecular weight is 1070 g/mol. The van der Waals surface area contributed by atoms with Gasteiger partial charge in [0.2, 0.25) is 35.4 Å². The van der Waals surface area contributed by atoms with Crippen molar-refractivity contribution in [2.24, 2.45) is 77.5 Å². The van der Waals surface area contributed by atoms with Gasteiger partial charge in [0, 0.05) is 32.6 Å². The van der Waals surface area contributed by atoms with Crippen LogP contribution in [0.2, 0.25) is 0 Å². The molecule has 76 heavy (non-hydrogen) atoms. The van der Waals surface area contributed by atoms with E-state index in [0.717, 1.165) is 5.56 Å². The number of ether oxygens (including phenoxy) is 1. The Morgan fingerprint density at radius 1 is 0.487 bits per heavy atom. The van der Waals surface area contributed by atoms with E-state index in [4.69, 9.17) is 56.3 Å². The minimum atomic E-state index is -1.37. The molecular formula is C49H83N19O8. The molecule has 2 aromatic rings. The van der Waals surface area contributed by atoms with Crippen LogP contribution in [-0.2, 0) is 46.5 Å². The number of aliphatic imine (C=N–C) groups is 4. The number of aliphatic hydroxyl groups is 1. The fourth-order valence-corrected chi connectivity index (χ4v) is 7.47. The second-order valence-electron chi connectivity index (χ2n) is 18.4. The van der Waals surface area contributed by atoms with Gasteiger partial charge >= 0.3 is 0 Å². The van der Waals surface area contributed by atoms with Crippen molar-refractivity contribution in [2.45, 2.75) is 127 Å². The average Bonchev–Trinajstić information content (AvgIpc) is 3.36. The van der Waals surface area contributed by atoms with Crippen LogP contribution in [0.4, 0.5) is 0 Å². The second kappa shape index (κ2) is 36.2. The number of nitrogens with one attached hydrogen (secondary N) is 6. The van der Waals surface area contributed by atoms with Gasteiger partial charge in [-0.05, 0) is 74.8 Å². The highest BCUT2D eigenvalue weighted by Crippen LogP contribution is 2.11. The van der Waals surface area contributed by atoms with Crippen molar-refractivity contribution < 1.29 is 38.6 Å². The lowest BCUT2D eigenvalue weighted by Gasteiger charge is -2.28. The molecule has 7 atom stereocenters. The number of hydrogen-bond acceptors (Lipinski definition) is 13. The normalized spacial score (nSPS) is 13.6. The maximum absolute atomic E-state index is 14.5. The fraction of sp³-hybridized carbons (Fsp3) is 0.551. The van der Waals surface area contributed by atoms with E-state index in [1.807, 2.05) is 44.2 Å². The Kier molecular flexibility index (Phi) is 30.7. The molecule has 422 valence electrons. The molecule has 2 rings (SSSR count). The summed E-state index contributed by atoms with van der Waals surface area (Å²) >= 11 is 0. The van der Waals surface area contributed by atoms with Crippen molar-refractivity contribution in [3.63, 3.8) is 0 Å². The van der Waals surface area contributed by atoms with Gasteiger partial charge in [-0.3, -0.25) is 48.7 Å². The first-order chi connectivity index (χ1) is 36.2. The number of hydrogen-bond donors (Lipinski definition) is 16. The lowest BCUT2D eigenvalue weighted by Crippen LogP contribution is -2.60. The van der Waals surface area contributed by atoms with E-state index < -0.39 is 84.3 Å². The van der Waals surface area contributed by atoms with E-state index in [9.17, 15) is 33.9 Å². The maximum atomic E-state index is 14.5. The Labute approximate surface area is 444 Å². The van der Waals surface area contributed by atoms with Crippen molar-refractivity contribution in [1.82, 2.24) is 31.9 Å². The summed E-state index contributed by atoms with van der Waals surface area (Å²) in [4.78, 5) is 101. The SMILES string of the molecule is CC(C)C[C@H](N)C(=O)N[C@@H](CCCN=C(N)N)C(=O)N[C@@H](CCCN=C(N)N)C(=O)N[C@@H](CCCN=C(N)N)C(=O)N[C@@H](CCCN=C(N)N)C(=O)N[C@@H](Cc1ccccc1)C(=O)N[C@@H](CO)COCc1ccccc1. The van der Waals surface area contributed by atoms with Gasteiger partial charge in [-0.2, -0.15) is 0 Å². The van der Waals surface area contributed by atoms with Gasteiger partial charge in [0.05, 0.1) is 31.9 Å². The number of carbonyl (C=O) groups is 6. The molecule has 2 aromatic carbocycles. The van der Waals surface area contributed by atoms with E-state index >= 15 is 0 Å². The van der Waals surface area contributed by atoms with E-state index in [1.54, 1.807) is 30.3 Å². The number of nitrogens with zero attached hydrogens (tertiary/aromatic N) is 4. The number of carbonyl (C=O) groups excluding carboxylic acids is 6. The van der Waals surface area contributed by atoms with E-state index in [0.29, 0.717) is 12.0 Å². The predicted molar refractivity (Wildman–Crippen MR) is 292 cm³/mol. The minimum absolute atomic E-state index is 0.0153. The molecule has 25 N–H and O–H groups in total. The molecule has 0 radical (unpaired) electrons. The van der Waals surface area contributed by atoms with Gasteiger partial charge in [0.1, 0.15) is 30.2 Å². The van der Waals surface area contributed by atoms with Crippen LogP contribution in [0.3, 0.4) is 0 Å². The monoisotopic (exact) mass is 1070 g/mol. The third-order valence-electron chi connectivity index (χ3n) is 11.3. The number of nitrogens with two attached hydrogens (primary N) is 9. The highest BCUT2D eigenvalue weighted by molar-refractivity contribution is 5.97. The smallest absolute Gasteiger partial charge is 0.243 e. The Balaban J connectivity index is 2.52. The number of benzene rings is 2. The van der Waals surface area contributed by atoms with E-state index in [-0.39, 0.29) is 127 Å². The molecule has 0 aliphatic carbocycles. The van der Waals surface area contributed by atoms with Crippen molar-refractivity contribution >= 4 is 59.3 Å². The molecule has 0 heterocycles. The summed E-state index contributed by atoms with van der Waals surface area (Å²) < 4.78 is 5.78. The lowest BCUT2D eigenvalue weighted by molar-refractivity contribution is -0.135. The Hall–Kier alpha value is -7.78. The molecule has 0 fully saturated rings. The molecule has 0 saturated heterocycles. The summed E-state index contributed by atoms with van der Waals surface area (Å²) in [5, 5.41) is 26.6. The second-order valence-corrected chi connectivity index (χ2v) is 18.4. The summed E-state index contributed by atoms with van der Waals surface area (Å²) in [5.41, 5.74) is 52.1. The fourth-order valence-electron chi connectivity index (χ4n) is 7.47. The lowest BCUT2D eigenvalue weighted by atomic mass is 10.0. The number of amides is 6. The van der Waals surface area contributed by atoms with Gasteiger partial charge in [-0.1, -0.05) is 74.5 Å². The summed E-state index contributed by atoms with van der Waals surface area (Å²) in [6, 6.07) is 9.95. The molecule has 27 nitrogen and oxygen atoms in total. The van der Waals surface area contributed by atoms with Crippen LogP contribution in [0.5, 0.6) is 0 Å². The standard InChI is InChI=1S/C49H83N19O8/c1-30(2)25-34(50)40(70)64-35(17-9-21-59-46(51)52)41(71)65-36(18-10-22-60-47(53)54)42(72)66-37(19-11-23-61-48(55)56)43(73)67-38(20-12-24-62-49(57)58)44(74)68-39(26-31-13-5-3-6-14-31)45(75)63-33(27-69)29-76-28-32-15-7-4-8-16-32/h3-8,13-16,30,33-39,69H,9-12,17-29,50H2,1-2H3,(H,63,75)(H,64,70)(H,65,71)(H,66,72)(H,67,73)(H,68,74)(H4,51,52,59)(H4,53,54,60)(H4,55,56,61)(H4,57,58,62)/t33-,34-,35-,36-,37-,38-,39-/m0/s1. The zero-order chi connectivity index (χ0) is 56.4. The molecule has 27 heteroatoms. The molecule has 0 unspecified atom stereocenters. The number of aliphatic hydroxyl groups excluding tert-OH is 1. The van der Waals surface area contributed by atoms with Crippen molar-refractivity contribution in [3.05, 3.63) is 71.8 Å². The summed E-state index contributed by atoms with van der Waals surface area (Å²) in [5.74, 6) is -5.11. The predicted octanol–water partition coefficient (Wildman–Crippen LogP) is -4.07. The molecular weight excluding hydrogens is 983 g/mol. The van der Waals surface area contributed by atoms with Crippen LogP contribution in [0.1, 0.15) is 82.8 Å². The summed E-state index contributed by atoms with van der Waals surface area (Å²) in [6.45, 7) is 3.79. The van der Waals surface area contributed by atoms with Gasteiger partial charge in [0.15, 0.2) is 23.8 Å². The van der Waals surface area contributed by atoms with Crippen LogP contribution < -0.4 is 83.5 Å². The van der Waals surface area contributed by atoms with Crippen molar-refractivity contribution in [2.75, 3.05) is 39.4 Å². The molecule has 0 aliphatic heterocycles. The quantitative estimate of drug-likeness (QED) is 0.0174. The molecule has 0 saturated carbocycles. The summed E-state index contributed by atoms with van der Waals surface area (Å²) in [6.07, 6.45) is 0.981. The van der Waals surface area contributed by atoms with Gasteiger partial charge in [-0.15, -0.1) is 0 Å². The summed E-state index contributed by atoms with van der Waals surface area (Å²) in [7, 11) is 0. The Morgan fingerprint density at radius 2 is 0.816 bits per heavy atom. The zero-order valence-electron chi connectivity index (χ0n) is 43.7. The van der Waals surface area contributed by atoms with Crippen LogP contribution in [-0.4, -0.2) is 146 Å². The molecule has 0 bridgehead atoms. The Bertz CT molecular complexity index is 2200. The molecule has 0 spiro atoms. The number of guanidine groups is 4. The van der Waals surface area contributed by atoms with Crippen molar-refractivity contribution in [1.29, 1.82) is 0 Å². The van der Waals surface area contributed by atoms with Crippen LogP contribution >= 0.6 is 0 Å². The van der Waals surface area contributed by atoms with Gasteiger partial charge in [0.25, 0.3) is 0 Å². The first-order valence-corrected chi connectivity index (χ1v) is 25.2. The zero-order valence-corrected chi connectivity index (χ0v) is 43.7. The first kappa shape index (κ1) is 64.3. The van der Waals surface area contributed by atoms with Crippen LogP contribution in [0, 0.1) is 5.92 Å². The topological polar surface area (TPSA) is 488 Å². The van der Waals surface area contributed by atoms with Crippen LogP contribution in [0.15, 0.2) is 80.6 Å². The third kappa shape index (κ3) is 28.0. The van der Waals surface area contributed by atoms with Gasteiger partial charge in [-0.25, -0.2) is 0 Å². The minimum Gasteiger partial charge on any atom is -0.394 e. The van der Waals surface area contributed by atoms with E-state index in [1.165, 1.54) is 0 Å². The molecule has 0 aromatic heterocycles. The Morgan fingerprint density at radius 3 is 1.16 bits per heavy atom.